The molecule has 1 aromatic heterocycles. The molecule has 5 atom stereocenters. The molecule has 1 saturated carbocycles. The summed E-state index contributed by atoms with van der Waals surface area (Å²) >= 11 is 3.98. The highest BCUT2D eigenvalue weighted by atomic mass is 32.2. The topological polar surface area (TPSA) is 64.9 Å². The minimum Gasteiger partial charge on any atom is -0.339 e. The Bertz CT molecular complexity index is 495. The highest BCUT2D eigenvalue weighted by Crippen LogP contribution is 2.44. The zero-order valence-corrected chi connectivity index (χ0v) is 14.7. The van der Waals surface area contributed by atoms with Gasteiger partial charge in [0.25, 0.3) is 0 Å². The van der Waals surface area contributed by atoms with Gasteiger partial charge >= 0.3 is 0 Å². The summed E-state index contributed by atoms with van der Waals surface area (Å²) in [5, 5.41) is 5.95. The van der Waals surface area contributed by atoms with Crippen LogP contribution in [0.3, 0.4) is 0 Å². The van der Waals surface area contributed by atoms with Crippen molar-refractivity contribution in [2.45, 2.75) is 73.7 Å². The van der Waals surface area contributed by atoms with E-state index in [1.165, 1.54) is 12.8 Å². The summed E-state index contributed by atoms with van der Waals surface area (Å²) in [6, 6.07) is 0.131. The van der Waals surface area contributed by atoms with Crippen LogP contribution >= 0.6 is 23.5 Å². The van der Waals surface area contributed by atoms with E-state index < -0.39 is 0 Å². The highest BCUT2D eigenvalue weighted by molar-refractivity contribution is 8.07. The first-order chi connectivity index (χ1) is 10.0. The molecule has 1 saturated heterocycles. The average molecular weight is 328 g/mol. The molecule has 0 amide bonds. The molecule has 1 aromatic rings. The van der Waals surface area contributed by atoms with Gasteiger partial charge in [-0.3, -0.25) is 0 Å². The van der Waals surface area contributed by atoms with Crippen LogP contribution in [0.4, 0.5) is 0 Å². The van der Waals surface area contributed by atoms with E-state index in [4.69, 9.17) is 15.2 Å². The van der Waals surface area contributed by atoms with Gasteiger partial charge in [-0.25, -0.2) is 0 Å². The van der Waals surface area contributed by atoms with Gasteiger partial charge in [-0.1, -0.05) is 31.8 Å². The largest absolute Gasteiger partial charge is 0.339 e. The van der Waals surface area contributed by atoms with Crippen LogP contribution < -0.4 is 5.73 Å². The Morgan fingerprint density at radius 2 is 2.10 bits per heavy atom. The Labute approximate surface area is 135 Å². The van der Waals surface area contributed by atoms with Crippen molar-refractivity contribution in [2.75, 3.05) is 5.75 Å². The number of rotatable bonds is 2. The van der Waals surface area contributed by atoms with Crippen LogP contribution in [0.25, 0.3) is 0 Å². The van der Waals surface area contributed by atoms with E-state index in [-0.39, 0.29) is 11.5 Å². The van der Waals surface area contributed by atoms with Gasteiger partial charge in [0.1, 0.15) is 0 Å². The predicted molar refractivity (Wildman–Crippen MR) is 89.8 cm³/mol. The molecule has 0 aromatic carbocycles. The van der Waals surface area contributed by atoms with Gasteiger partial charge in [-0.2, -0.15) is 16.7 Å². The van der Waals surface area contributed by atoms with Crippen molar-refractivity contribution in [3.05, 3.63) is 11.7 Å². The lowest BCUT2D eigenvalue weighted by Gasteiger charge is -2.36. The summed E-state index contributed by atoms with van der Waals surface area (Å²) in [6.07, 6.45) is 4.51. The van der Waals surface area contributed by atoms with Gasteiger partial charge in [0.2, 0.25) is 5.89 Å². The number of thioether (sulfide) groups is 2. The molecule has 5 unspecified atom stereocenters. The lowest BCUT2D eigenvalue weighted by Crippen LogP contribution is -2.45. The van der Waals surface area contributed by atoms with Crippen molar-refractivity contribution in [1.82, 2.24) is 10.1 Å². The van der Waals surface area contributed by atoms with Gasteiger partial charge in [0, 0.05) is 22.3 Å². The van der Waals surface area contributed by atoms with E-state index >= 15 is 0 Å². The first-order valence-corrected chi connectivity index (χ1v) is 9.86. The molecule has 2 N–H and O–H groups in total. The minimum atomic E-state index is -0.144. The zero-order chi connectivity index (χ0) is 15.0. The van der Waals surface area contributed by atoms with Crippen molar-refractivity contribution < 1.29 is 4.52 Å². The Morgan fingerprint density at radius 3 is 2.81 bits per heavy atom. The molecule has 21 heavy (non-hydrogen) atoms. The molecular weight excluding hydrogens is 302 g/mol. The Hall–Kier alpha value is -0.200. The average Bonchev–Trinajstić information content (AvgIpc) is 2.95. The molecule has 0 bridgehead atoms. The normalized spacial score (nSPS) is 41.1. The van der Waals surface area contributed by atoms with Crippen LogP contribution in [0, 0.1) is 0 Å². The van der Waals surface area contributed by atoms with E-state index in [9.17, 15) is 0 Å². The molecular formula is C15H25N3OS2. The summed E-state index contributed by atoms with van der Waals surface area (Å²) in [5.41, 5.74) is 6.19. The molecule has 1 aliphatic heterocycles. The fourth-order valence-electron chi connectivity index (χ4n) is 3.14. The number of hydrogen-bond acceptors (Lipinski definition) is 6. The minimum absolute atomic E-state index is 0.131. The van der Waals surface area contributed by atoms with Gasteiger partial charge < -0.3 is 10.3 Å². The van der Waals surface area contributed by atoms with Crippen LogP contribution in [0.5, 0.6) is 0 Å². The second-order valence-electron chi connectivity index (χ2n) is 6.60. The number of aromatic nitrogens is 2. The van der Waals surface area contributed by atoms with Gasteiger partial charge in [-0.05, 0) is 19.8 Å². The maximum atomic E-state index is 6.34. The third-order valence-electron chi connectivity index (χ3n) is 5.05. The summed E-state index contributed by atoms with van der Waals surface area (Å²) in [6.45, 7) is 6.76. The number of hydrogen-bond donors (Lipinski definition) is 1. The lowest BCUT2D eigenvalue weighted by atomic mass is 9.72. The maximum absolute atomic E-state index is 6.34. The second kappa shape index (κ2) is 6.13. The zero-order valence-electron chi connectivity index (χ0n) is 13.0. The molecule has 0 spiro atoms. The highest BCUT2D eigenvalue weighted by Gasteiger charge is 2.41. The molecule has 0 radical (unpaired) electrons. The molecule has 2 fully saturated rings. The number of nitrogens with two attached hydrogens (primary N) is 1. The van der Waals surface area contributed by atoms with Gasteiger partial charge in [0.15, 0.2) is 5.82 Å². The molecule has 118 valence electrons. The van der Waals surface area contributed by atoms with Crippen LogP contribution in [-0.2, 0) is 5.41 Å². The van der Waals surface area contributed by atoms with Gasteiger partial charge in [-0.15, -0.1) is 11.8 Å². The quantitative estimate of drug-likeness (QED) is 0.896. The third-order valence-corrected chi connectivity index (χ3v) is 8.44. The summed E-state index contributed by atoms with van der Waals surface area (Å²) in [5.74, 6) is 2.68. The maximum Gasteiger partial charge on any atom is 0.234 e. The fourth-order valence-corrected chi connectivity index (χ4v) is 5.98. The first-order valence-electron chi connectivity index (χ1n) is 7.87. The molecule has 1 aliphatic carbocycles. The Balaban J connectivity index is 1.77. The Kier molecular flexibility index (Phi) is 4.58. The predicted octanol–water partition coefficient (Wildman–Crippen LogP) is 3.53. The van der Waals surface area contributed by atoms with Crippen molar-refractivity contribution in [1.29, 1.82) is 0 Å². The van der Waals surface area contributed by atoms with E-state index in [2.05, 4.69) is 25.9 Å². The van der Waals surface area contributed by atoms with Crippen LogP contribution in [0.15, 0.2) is 4.52 Å². The monoisotopic (exact) mass is 327 g/mol. The summed E-state index contributed by atoms with van der Waals surface area (Å²) in [7, 11) is 0. The molecule has 3 rings (SSSR count). The Morgan fingerprint density at radius 1 is 1.29 bits per heavy atom. The van der Waals surface area contributed by atoms with Gasteiger partial charge in [0.05, 0.1) is 10.7 Å². The second-order valence-corrected chi connectivity index (χ2v) is 9.59. The van der Waals surface area contributed by atoms with E-state index in [1.54, 1.807) is 0 Å². The lowest BCUT2D eigenvalue weighted by molar-refractivity contribution is 0.203. The van der Waals surface area contributed by atoms with E-state index in [1.807, 2.05) is 23.5 Å². The van der Waals surface area contributed by atoms with Crippen molar-refractivity contribution in [2.24, 2.45) is 5.73 Å². The van der Waals surface area contributed by atoms with Crippen molar-refractivity contribution >= 4 is 23.5 Å². The van der Waals surface area contributed by atoms with Crippen LogP contribution in [0.2, 0.25) is 0 Å². The SMILES string of the molecule is CC1SCC(c2noc(C3(C)CCCCC3N)n2)SC1C. The molecule has 2 aliphatic rings. The van der Waals surface area contributed by atoms with Crippen LogP contribution in [-0.4, -0.2) is 32.4 Å². The third kappa shape index (κ3) is 2.99. The summed E-state index contributed by atoms with van der Waals surface area (Å²) < 4.78 is 5.63. The van der Waals surface area contributed by atoms with Crippen LogP contribution in [0.1, 0.15) is 63.4 Å². The summed E-state index contributed by atoms with van der Waals surface area (Å²) in [4.78, 5) is 4.75. The standard InChI is InChI=1S/C15H25N3OS2/c1-9-10(2)21-11(8-20-9)13-17-14(19-18-13)15(3)7-5-4-6-12(15)16/h9-12H,4-8,16H2,1-3H3. The first kappa shape index (κ1) is 15.7. The van der Waals surface area contributed by atoms with E-state index in [0.717, 1.165) is 30.3 Å². The smallest absolute Gasteiger partial charge is 0.234 e. The van der Waals surface area contributed by atoms with Crippen molar-refractivity contribution in [3.8, 4) is 0 Å². The van der Waals surface area contributed by atoms with Crippen molar-refractivity contribution in [3.63, 3.8) is 0 Å². The molecule has 2 heterocycles. The fraction of sp³-hybridized carbons (Fsp3) is 0.867. The molecule has 6 heteroatoms. The van der Waals surface area contributed by atoms with E-state index in [0.29, 0.717) is 15.7 Å². The molecule has 4 nitrogen and oxygen atoms in total. The number of nitrogens with zero attached hydrogens (tertiary/aromatic N) is 2.